The Bertz CT molecular complexity index is 618. The van der Waals surface area contributed by atoms with Gasteiger partial charge in [0.25, 0.3) is 5.91 Å². The summed E-state index contributed by atoms with van der Waals surface area (Å²) < 4.78 is 4.64. The van der Waals surface area contributed by atoms with Crippen LogP contribution in [0.25, 0.3) is 10.9 Å². The molecule has 1 N–H and O–H groups in total. The van der Waals surface area contributed by atoms with E-state index in [1.54, 1.807) is 12.3 Å². The van der Waals surface area contributed by atoms with E-state index in [0.717, 1.165) is 17.3 Å². The minimum absolute atomic E-state index is 0.0275. The van der Waals surface area contributed by atoms with Crippen molar-refractivity contribution in [2.45, 2.75) is 13.3 Å². The van der Waals surface area contributed by atoms with E-state index < -0.39 is 5.97 Å². The molecule has 0 radical (unpaired) electrons. The summed E-state index contributed by atoms with van der Waals surface area (Å²) in [7, 11) is 1.32. The Morgan fingerprint density at radius 3 is 2.80 bits per heavy atom. The van der Waals surface area contributed by atoms with E-state index in [1.165, 1.54) is 12.0 Å². The molecule has 1 amide bonds. The zero-order chi connectivity index (χ0) is 14.5. The first kappa shape index (κ1) is 14.1. The molecule has 1 aromatic heterocycles. The van der Waals surface area contributed by atoms with Crippen molar-refractivity contribution in [1.29, 1.82) is 0 Å². The highest BCUT2D eigenvalue weighted by molar-refractivity contribution is 6.06. The molecule has 0 aliphatic carbocycles. The Hall–Kier alpha value is -2.30. The van der Waals surface area contributed by atoms with Crippen molar-refractivity contribution in [2.24, 2.45) is 0 Å². The quantitative estimate of drug-likeness (QED) is 0.850. The number of H-pyrrole nitrogens is 1. The van der Waals surface area contributed by atoms with Crippen LogP contribution in [0.2, 0.25) is 0 Å². The number of methoxy groups -OCH3 is 1. The van der Waals surface area contributed by atoms with Crippen molar-refractivity contribution in [3.63, 3.8) is 0 Å². The predicted octanol–water partition coefficient (Wildman–Crippen LogP) is 2.19. The molecule has 0 atom stereocenters. The van der Waals surface area contributed by atoms with Gasteiger partial charge in [0.1, 0.15) is 6.54 Å². The number of hydrogen-bond donors (Lipinski definition) is 1. The van der Waals surface area contributed by atoms with Gasteiger partial charge in [-0.3, -0.25) is 9.59 Å². The van der Waals surface area contributed by atoms with Crippen LogP contribution in [0.15, 0.2) is 30.5 Å². The lowest BCUT2D eigenvalue weighted by atomic mass is 10.1. The van der Waals surface area contributed by atoms with Gasteiger partial charge in [-0.15, -0.1) is 0 Å². The molecule has 0 unspecified atom stereocenters. The molecule has 106 valence electrons. The number of ether oxygens (including phenoxy) is 1. The molecule has 0 saturated heterocycles. The zero-order valence-electron chi connectivity index (χ0n) is 11.7. The van der Waals surface area contributed by atoms with Crippen LogP contribution in [0.5, 0.6) is 0 Å². The molecular formula is C15H18N2O3. The van der Waals surface area contributed by atoms with Crippen LogP contribution < -0.4 is 0 Å². The van der Waals surface area contributed by atoms with Gasteiger partial charge in [0.15, 0.2) is 0 Å². The average molecular weight is 274 g/mol. The number of para-hydroxylation sites is 1. The molecule has 2 aromatic rings. The number of nitrogens with zero attached hydrogens (tertiary/aromatic N) is 1. The third-order valence-corrected chi connectivity index (χ3v) is 3.15. The van der Waals surface area contributed by atoms with Crippen molar-refractivity contribution < 1.29 is 14.3 Å². The minimum atomic E-state index is -0.412. The predicted molar refractivity (Wildman–Crippen MR) is 76.5 cm³/mol. The van der Waals surface area contributed by atoms with Gasteiger partial charge in [0.2, 0.25) is 0 Å². The monoisotopic (exact) mass is 274 g/mol. The molecule has 2 rings (SSSR count). The van der Waals surface area contributed by atoms with Crippen molar-refractivity contribution in [1.82, 2.24) is 9.88 Å². The fourth-order valence-electron chi connectivity index (χ4n) is 2.18. The van der Waals surface area contributed by atoms with Crippen molar-refractivity contribution in [3.05, 3.63) is 36.0 Å². The number of esters is 1. The molecule has 5 nitrogen and oxygen atoms in total. The van der Waals surface area contributed by atoms with Gasteiger partial charge in [-0.25, -0.2) is 0 Å². The number of aromatic nitrogens is 1. The second kappa shape index (κ2) is 6.23. The number of aromatic amines is 1. The van der Waals surface area contributed by atoms with E-state index in [4.69, 9.17) is 0 Å². The third-order valence-electron chi connectivity index (χ3n) is 3.15. The second-order valence-corrected chi connectivity index (χ2v) is 4.55. The zero-order valence-corrected chi connectivity index (χ0v) is 11.7. The topological polar surface area (TPSA) is 62.4 Å². The van der Waals surface area contributed by atoms with Gasteiger partial charge in [-0.1, -0.05) is 19.1 Å². The second-order valence-electron chi connectivity index (χ2n) is 4.55. The normalized spacial score (nSPS) is 10.5. The van der Waals surface area contributed by atoms with Crippen molar-refractivity contribution >= 4 is 22.8 Å². The van der Waals surface area contributed by atoms with Crippen LogP contribution in [0, 0.1) is 0 Å². The van der Waals surface area contributed by atoms with Crippen LogP contribution in [0.1, 0.15) is 23.7 Å². The Morgan fingerprint density at radius 1 is 1.30 bits per heavy atom. The molecule has 5 heteroatoms. The number of rotatable bonds is 5. The van der Waals surface area contributed by atoms with Gasteiger partial charge in [0.05, 0.1) is 18.2 Å². The summed E-state index contributed by atoms with van der Waals surface area (Å²) in [5, 5.41) is 0.977. The number of hydrogen-bond acceptors (Lipinski definition) is 3. The highest BCUT2D eigenvalue weighted by atomic mass is 16.5. The first-order valence-electron chi connectivity index (χ1n) is 6.59. The summed E-state index contributed by atoms with van der Waals surface area (Å²) in [5.41, 5.74) is 1.37. The molecule has 0 spiro atoms. The van der Waals surface area contributed by atoms with Crippen LogP contribution in [0.3, 0.4) is 0 Å². The van der Waals surface area contributed by atoms with E-state index in [-0.39, 0.29) is 12.5 Å². The van der Waals surface area contributed by atoms with Crippen LogP contribution in [-0.4, -0.2) is 42.0 Å². The largest absolute Gasteiger partial charge is 0.468 e. The first-order chi connectivity index (χ1) is 9.67. The highest BCUT2D eigenvalue weighted by Crippen LogP contribution is 2.18. The van der Waals surface area contributed by atoms with E-state index in [2.05, 4.69) is 9.72 Å². The third kappa shape index (κ3) is 2.82. The maximum atomic E-state index is 12.6. The van der Waals surface area contributed by atoms with Crippen LogP contribution in [0.4, 0.5) is 0 Å². The van der Waals surface area contributed by atoms with Crippen molar-refractivity contribution in [2.75, 3.05) is 20.2 Å². The molecule has 1 heterocycles. The molecule has 0 aliphatic heterocycles. The maximum absolute atomic E-state index is 12.6. The number of fused-ring (bicyclic) bond motifs is 1. The molecular weight excluding hydrogens is 256 g/mol. The maximum Gasteiger partial charge on any atom is 0.325 e. The van der Waals surface area contributed by atoms with Gasteiger partial charge >= 0.3 is 5.97 Å². The Morgan fingerprint density at radius 2 is 2.10 bits per heavy atom. The number of nitrogens with one attached hydrogen (secondary N) is 1. The smallest absolute Gasteiger partial charge is 0.325 e. The number of carbonyl (C=O) groups is 2. The van der Waals surface area contributed by atoms with Gasteiger partial charge in [0, 0.05) is 18.1 Å². The van der Waals surface area contributed by atoms with E-state index in [1.807, 2.05) is 25.1 Å². The molecule has 20 heavy (non-hydrogen) atoms. The molecule has 0 bridgehead atoms. The fourth-order valence-corrected chi connectivity index (χ4v) is 2.18. The lowest BCUT2D eigenvalue weighted by Gasteiger charge is -2.21. The van der Waals surface area contributed by atoms with Gasteiger partial charge in [-0.2, -0.15) is 0 Å². The van der Waals surface area contributed by atoms with Crippen LogP contribution >= 0.6 is 0 Å². The number of amides is 1. The average Bonchev–Trinajstić information content (AvgIpc) is 2.94. The molecule has 0 aliphatic rings. The first-order valence-corrected chi connectivity index (χ1v) is 6.59. The molecule has 1 aromatic carbocycles. The number of carbonyl (C=O) groups excluding carboxylic acids is 2. The van der Waals surface area contributed by atoms with E-state index >= 15 is 0 Å². The number of benzene rings is 1. The Kier molecular flexibility index (Phi) is 4.40. The summed E-state index contributed by atoms with van der Waals surface area (Å²) >= 11 is 0. The Labute approximate surface area is 117 Å². The minimum Gasteiger partial charge on any atom is -0.468 e. The molecule has 0 saturated carbocycles. The summed E-state index contributed by atoms with van der Waals surface area (Å²) in [4.78, 5) is 28.6. The summed E-state index contributed by atoms with van der Waals surface area (Å²) in [6.07, 6.45) is 2.58. The van der Waals surface area contributed by atoms with Crippen molar-refractivity contribution in [3.8, 4) is 0 Å². The standard InChI is InChI=1S/C15H18N2O3/c1-3-9-17(10-13(18)20-2)15(19)12-6-4-5-11-7-8-16-14(11)12/h4-8,16H,3,9-10H2,1-2H3. The van der Waals surface area contributed by atoms with E-state index in [0.29, 0.717) is 12.1 Å². The summed E-state index contributed by atoms with van der Waals surface area (Å²) in [5.74, 6) is -0.573. The van der Waals surface area contributed by atoms with Gasteiger partial charge < -0.3 is 14.6 Å². The SMILES string of the molecule is CCCN(CC(=O)OC)C(=O)c1cccc2cc[nH]c12. The summed E-state index contributed by atoms with van der Waals surface area (Å²) in [6, 6.07) is 7.45. The Balaban J connectivity index is 2.31. The molecule has 0 fully saturated rings. The van der Waals surface area contributed by atoms with E-state index in [9.17, 15) is 9.59 Å². The lowest BCUT2D eigenvalue weighted by Crippen LogP contribution is -2.36. The summed E-state index contributed by atoms with van der Waals surface area (Å²) in [6.45, 7) is 2.46. The highest BCUT2D eigenvalue weighted by Gasteiger charge is 2.20. The lowest BCUT2D eigenvalue weighted by molar-refractivity contribution is -0.141. The van der Waals surface area contributed by atoms with Crippen LogP contribution in [-0.2, 0) is 9.53 Å². The fraction of sp³-hybridized carbons (Fsp3) is 0.333. The van der Waals surface area contributed by atoms with Gasteiger partial charge in [-0.05, 0) is 18.6 Å².